The van der Waals surface area contributed by atoms with Gasteiger partial charge in [0.15, 0.2) is 0 Å². The maximum Gasteiger partial charge on any atom is 0.0763 e. The first-order valence-corrected chi connectivity index (χ1v) is 3.22. The summed E-state index contributed by atoms with van der Waals surface area (Å²) >= 11 is 10.1. The van der Waals surface area contributed by atoms with E-state index in [0.29, 0.717) is 10.9 Å². The second-order valence-electron chi connectivity index (χ2n) is 1.22. The van der Waals surface area contributed by atoms with Crippen LogP contribution in [0.1, 0.15) is 6.92 Å². The molecular formula is C6H10Cl2O. The van der Waals surface area contributed by atoms with Crippen molar-refractivity contribution in [3.8, 4) is 0 Å². The molecule has 0 radical (unpaired) electrons. The van der Waals surface area contributed by atoms with Gasteiger partial charge in [-0.3, -0.25) is 0 Å². The molecule has 0 aliphatic rings. The highest BCUT2D eigenvalue weighted by Gasteiger charge is 1.56. The van der Waals surface area contributed by atoms with E-state index >= 15 is 0 Å². The van der Waals surface area contributed by atoms with Crippen LogP contribution < -0.4 is 0 Å². The molecule has 0 aliphatic heterocycles. The number of alkyl halides is 1. The predicted molar refractivity (Wildman–Crippen MR) is 43.2 cm³/mol. The van der Waals surface area contributed by atoms with E-state index in [2.05, 4.69) is 6.58 Å². The second kappa shape index (κ2) is 10.8. The summed E-state index contributed by atoms with van der Waals surface area (Å²) in [4.78, 5) is 0. The van der Waals surface area contributed by atoms with Crippen LogP contribution in [0.3, 0.4) is 0 Å². The Balaban J connectivity index is 0. The molecule has 0 aromatic carbocycles. The molecular weight excluding hydrogens is 159 g/mol. The molecule has 9 heavy (non-hydrogen) atoms. The fourth-order valence-electron chi connectivity index (χ4n) is 0.0398. The minimum atomic E-state index is 0.385. The van der Waals surface area contributed by atoms with E-state index in [9.17, 15) is 0 Å². The standard InChI is InChI=1S/C3H5ClO.C3H5Cl/c4-2-1-3-5;1-3(2)4/h1,3,5H,2H2;1H2,2H3. The van der Waals surface area contributed by atoms with E-state index in [0.717, 1.165) is 6.26 Å². The van der Waals surface area contributed by atoms with Crippen LogP contribution in [0.5, 0.6) is 0 Å². The summed E-state index contributed by atoms with van der Waals surface area (Å²) < 4.78 is 0. The lowest BCUT2D eigenvalue weighted by molar-refractivity contribution is 0.473. The highest BCUT2D eigenvalue weighted by Crippen LogP contribution is 1.87. The average Bonchev–Trinajstić information content (AvgIpc) is 1.66. The number of aliphatic hydroxyl groups is 1. The van der Waals surface area contributed by atoms with Crippen LogP contribution >= 0.6 is 23.2 Å². The first-order chi connectivity index (χ1) is 4.15. The van der Waals surface area contributed by atoms with Crippen LogP contribution in [0.4, 0.5) is 0 Å². The van der Waals surface area contributed by atoms with E-state index in [1.165, 1.54) is 6.08 Å². The first kappa shape index (κ1) is 11.6. The molecule has 0 aromatic rings. The van der Waals surface area contributed by atoms with Gasteiger partial charge in [-0.2, -0.15) is 0 Å². The molecule has 0 bridgehead atoms. The fourth-order valence-corrected chi connectivity index (χ4v) is 0.120. The maximum absolute atomic E-state index is 7.80. The zero-order valence-corrected chi connectivity index (χ0v) is 6.78. The monoisotopic (exact) mass is 168 g/mol. The van der Waals surface area contributed by atoms with Crippen molar-refractivity contribution in [2.45, 2.75) is 6.92 Å². The second-order valence-corrected chi connectivity index (χ2v) is 2.17. The minimum absolute atomic E-state index is 0.385. The molecule has 0 rings (SSSR count). The number of rotatable bonds is 1. The summed E-state index contributed by atoms with van der Waals surface area (Å²) in [6.45, 7) is 5.06. The highest BCUT2D eigenvalue weighted by atomic mass is 35.5. The van der Waals surface area contributed by atoms with Gasteiger partial charge in [0.25, 0.3) is 0 Å². The van der Waals surface area contributed by atoms with Crippen molar-refractivity contribution in [2.24, 2.45) is 0 Å². The van der Waals surface area contributed by atoms with Crippen molar-refractivity contribution in [2.75, 3.05) is 5.88 Å². The third-order valence-corrected chi connectivity index (χ3v) is 0.373. The van der Waals surface area contributed by atoms with E-state index in [-0.39, 0.29) is 0 Å². The van der Waals surface area contributed by atoms with E-state index in [4.69, 9.17) is 28.3 Å². The topological polar surface area (TPSA) is 20.2 Å². The lowest BCUT2D eigenvalue weighted by atomic mass is 10.7. The smallest absolute Gasteiger partial charge is 0.0763 e. The number of hydrogen-bond donors (Lipinski definition) is 1. The molecule has 0 aliphatic carbocycles. The highest BCUT2D eigenvalue weighted by molar-refractivity contribution is 6.28. The maximum atomic E-state index is 7.80. The summed E-state index contributed by atoms with van der Waals surface area (Å²) in [5.74, 6) is 0.385. The Labute approximate surface area is 65.6 Å². The van der Waals surface area contributed by atoms with Gasteiger partial charge in [0.2, 0.25) is 0 Å². The average molecular weight is 169 g/mol. The first-order valence-electron chi connectivity index (χ1n) is 2.31. The zero-order valence-electron chi connectivity index (χ0n) is 5.27. The van der Waals surface area contributed by atoms with Crippen LogP contribution in [-0.4, -0.2) is 11.0 Å². The fraction of sp³-hybridized carbons (Fsp3) is 0.333. The van der Waals surface area contributed by atoms with Crippen molar-refractivity contribution in [3.05, 3.63) is 23.9 Å². The molecule has 54 valence electrons. The lowest BCUT2D eigenvalue weighted by Crippen LogP contribution is -1.54. The normalized spacial score (nSPS) is 8.33. The Morgan fingerprint density at radius 1 is 1.78 bits per heavy atom. The summed E-state index contributed by atoms with van der Waals surface area (Å²) in [5.41, 5.74) is 0. The molecule has 0 unspecified atom stereocenters. The van der Waals surface area contributed by atoms with Crippen LogP contribution in [0.15, 0.2) is 23.9 Å². The molecule has 0 saturated heterocycles. The number of halogens is 2. The van der Waals surface area contributed by atoms with Gasteiger partial charge in [-0.15, -0.1) is 11.6 Å². The molecule has 0 amide bonds. The van der Waals surface area contributed by atoms with Gasteiger partial charge in [-0.1, -0.05) is 18.2 Å². The predicted octanol–water partition coefficient (Wildman–Crippen LogP) is 3.06. The molecule has 0 fully saturated rings. The Kier molecular flexibility index (Phi) is 13.9. The molecule has 3 heteroatoms. The Bertz CT molecular complexity index is 85.1. The SMILES string of the molecule is C=C(C)Cl.OC=CCCl. The van der Waals surface area contributed by atoms with Crippen molar-refractivity contribution in [1.29, 1.82) is 0 Å². The molecule has 1 N–H and O–H groups in total. The number of hydrogen-bond acceptors (Lipinski definition) is 1. The summed E-state index contributed by atoms with van der Waals surface area (Å²) in [5, 5.41) is 8.44. The summed E-state index contributed by atoms with van der Waals surface area (Å²) in [6, 6.07) is 0. The largest absolute Gasteiger partial charge is 0.516 e. The van der Waals surface area contributed by atoms with E-state index < -0.39 is 0 Å². The van der Waals surface area contributed by atoms with Crippen LogP contribution in [-0.2, 0) is 0 Å². The molecule has 0 aromatic heterocycles. The zero-order chi connectivity index (χ0) is 7.70. The van der Waals surface area contributed by atoms with Crippen molar-refractivity contribution in [1.82, 2.24) is 0 Å². The summed E-state index contributed by atoms with van der Waals surface area (Å²) in [7, 11) is 0. The number of allylic oxidation sites excluding steroid dienone is 2. The molecule has 0 saturated carbocycles. The lowest BCUT2D eigenvalue weighted by Gasteiger charge is -1.63. The van der Waals surface area contributed by atoms with Gasteiger partial charge in [0.05, 0.1) is 6.26 Å². The van der Waals surface area contributed by atoms with Crippen LogP contribution in [0, 0.1) is 0 Å². The Morgan fingerprint density at radius 2 is 2.11 bits per heavy atom. The quantitative estimate of drug-likeness (QED) is 0.472. The van der Waals surface area contributed by atoms with E-state index in [1.807, 2.05) is 0 Å². The van der Waals surface area contributed by atoms with Gasteiger partial charge in [-0.25, -0.2) is 0 Å². The third-order valence-electron chi connectivity index (χ3n) is 0.194. The third kappa shape index (κ3) is 78.0. The van der Waals surface area contributed by atoms with Crippen molar-refractivity contribution >= 4 is 23.2 Å². The Morgan fingerprint density at radius 3 is 2.11 bits per heavy atom. The summed E-state index contributed by atoms with van der Waals surface area (Å²) in [6.07, 6.45) is 2.37. The van der Waals surface area contributed by atoms with Crippen LogP contribution in [0.25, 0.3) is 0 Å². The molecule has 1 nitrogen and oxygen atoms in total. The van der Waals surface area contributed by atoms with Crippen molar-refractivity contribution < 1.29 is 5.11 Å². The Hall–Kier alpha value is -0.140. The van der Waals surface area contributed by atoms with E-state index in [1.54, 1.807) is 6.92 Å². The molecule has 0 atom stereocenters. The van der Waals surface area contributed by atoms with Gasteiger partial charge in [0, 0.05) is 10.9 Å². The number of aliphatic hydroxyl groups excluding tert-OH is 1. The molecule has 0 heterocycles. The van der Waals surface area contributed by atoms with Gasteiger partial charge in [0.1, 0.15) is 0 Å². The van der Waals surface area contributed by atoms with Gasteiger partial charge < -0.3 is 5.11 Å². The van der Waals surface area contributed by atoms with Crippen molar-refractivity contribution in [3.63, 3.8) is 0 Å². The van der Waals surface area contributed by atoms with Crippen LogP contribution in [0.2, 0.25) is 0 Å². The minimum Gasteiger partial charge on any atom is -0.516 e. The van der Waals surface area contributed by atoms with Gasteiger partial charge in [-0.05, 0) is 13.0 Å². The van der Waals surface area contributed by atoms with Gasteiger partial charge >= 0.3 is 0 Å². The molecule has 0 spiro atoms.